The third-order valence-corrected chi connectivity index (χ3v) is 6.16. The summed E-state index contributed by atoms with van der Waals surface area (Å²) in [7, 11) is 6.12. The second-order valence-electron chi connectivity index (χ2n) is 8.77. The van der Waals surface area contributed by atoms with Crippen molar-refractivity contribution in [2.75, 3.05) is 28.4 Å². The number of allylic oxidation sites excluding steroid dienone is 2. The molecule has 40 heavy (non-hydrogen) atoms. The second-order valence-corrected chi connectivity index (χ2v) is 8.77. The van der Waals surface area contributed by atoms with E-state index in [2.05, 4.69) is 5.32 Å². The topological polar surface area (TPSA) is 100 Å². The average Bonchev–Trinajstić information content (AvgIpc) is 2.98. The number of benzene rings is 3. The van der Waals surface area contributed by atoms with Crippen LogP contribution in [-0.4, -0.2) is 45.9 Å². The van der Waals surface area contributed by atoms with Crippen LogP contribution in [0.25, 0.3) is 12.2 Å². The van der Waals surface area contributed by atoms with E-state index in [1.54, 1.807) is 72.8 Å². The molecule has 0 radical (unpaired) electrons. The van der Waals surface area contributed by atoms with E-state index in [4.69, 9.17) is 18.9 Å². The highest BCUT2D eigenvalue weighted by molar-refractivity contribution is 6.14. The predicted molar refractivity (Wildman–Crippen MR) is 154 cm³/mol. The lowest BCUT2D eigenvalue weighted by Gasteiger charge is -2.25. The van der Waals surface area contributed by atoms with Gasteiger partial charge in [-0.2, -0.15) is 0 Å². The summed E-state index contributed by atoms with van der Waals surface area (Å²) in [6, 6.07) is 18.5. The van der Waals surface area contributed by atoms with E-state index in [0.29, 0.717) is 39.7 Å². The van der Waals surface area contributed by atoms with Gasteiger partial charge >= 0.3 is 0 Å². The largest absolute Gasteiger partial charge is 0.493 e. The number of rotatable bonds is 13. The third-order valence-electron chi connectivity index (χ3n) is 6.16. The fraction of sp³-hybridized carbons (Fsp3) is 0.219. The molecule has 3 aromatic rings. The summed E-state index contributed by atoms with van der Waals surface area (Å²) in [6.45, 7) is 1.35. The lowest BCUT2D eigenvalue weighted by atomic mass is 9.85. The Morgan fingerprint density at radius 1 is 0.650 bits per heavy atom. The number of ketones is 2. The minimum atomic E-state index is -1.22. The third kappa shape index (κ3) is 7.60. The number of methoxy groups -OCH3 is 4. The van der Waals surface area contributed by atoms with Gasteiger partial charge in [0, 0.05) is 6.92 Å². The molecule has 8 heteroatoms. The van der Waals surface area contributed by atoms with Crippen molar-refractivity contribution in [1.29, 1.82) is 0 Å². The first-order valence-electron chi connectivity index (χ1n) is 12.5. The van der Waals surface area contributed by atoms with Gasteiger partial charge in [-0.25, -0.2) is 0 Å². The normalized spacial score (nSPS) is 11.8. The van der Waals surface area contributed by atoms with E-state index in [-0.39, 0.29) is 5.91 Å². The van der Waals surface area contributed by atoms with Crippen molar-refractivity contribution in [2.45, 2.75) is 13.0 Å². The molecule has 0 aliphatic rings. The lowest BCUT2D eigenvalue weighted by molar-refractivity contribution is -0.129. The molecule has 0 saturated carbocycles. The van der Waals surface area contributed by atoms with Crippen LogP contribution >= 0.6 is 0 Å². The van der Waals surface area contributed by atoms with Crippen molar-refractivity contribution in [3.63, 3.8) is 0 Å². The van der Waals surface area contributed by atoms with Gasteiger partial charge in [-0.1, -0.05) is 54.6 Å². The van der Waals surface area contributed by atoms with E-state index in [0.717, 1.165) is 0 Å². The average molecular weight is 544 g/mol. The van der Waals surface area contributed by atoms with Crippen LogP contribution in [-0.2, 0) is 14.4 Å². The number of hydrogen-bond donors (Lipinski definition) is 1. The molecule has 0 aliphatic heterocycles. The van der Waals surface area contributed by atoms with Gasteiger partial charge < -0.3 is 24.3 Å². The highest BCUT2D eigenvalue weighted by Crippen LogP contribution is 2.30. The second kappa shape index (κ2) is 14.3. The highest BCUT2D eigenvalue weighted by atomic mass is 16.5. The minimum absolute atomic E-state index is 0.368. The van der Waals surface area contributed by atoms with Crippen LogP contribution in [0.2, 0.25) is 0 Å². The number of carbonyl (C=O) groups excluding carboxylic acids is 3. The summed E-state index contributed by atoms with van der Waals surface area (Å²) < 4.78 is 21.2. The zero-order valence-electron chi connectivity index (χ0n) is 23.2. The molecule has 3 aromatic carbocycles. The smallest absolute Gasteiger partial charge is 0.217 e. The summed E-state index contributed by atoms with van der Waals surface area (Å²) in [4.78, 5) is 39.5. The van der Waals surface area contributed by atoms with Gasteiger partial charge in [0.2, 0.25) is 5.91 Å². The summed E-state index contributed by atoms with van der Waals surface area (Å²) in [6.07, 6.45) is 5.87. The Kier molecular flexibility index (Phi) is 10.7. The van der Waals surface area contributed by atoms with Crippen LogP contribution in [0.5, 0.6) is 23.0 Å². The molecule has 1 amide bonds. The van der Waals surface area contributed by atoms with Gasteiger partial charge in [-0.05, 0) is 53.1 Å². The van der Waals surface area contributed by atoms with Gasteiger partial charge in [0.15, 0.2) is 34.6 Å². The van der Waals surface area contributed by atoms with Gasteiger partial charge in [0.25, 0.3) is 0 Å². The molecule has 0 fully saturated rings. The highest BCUT2D eigenvalue weighted by Gasteiger charge is 2.34. The maximum atomic E-state index is 13.6. The molecule has 0 spiro atoms. The first-order valence-corrected chi connectivity index (χ1v) is 12.5. The van der Waals surface area contributed by atoms with Crippen molar-refractivity contribution in [3.8, 4) is 23.0 Å². The van der Waals surface area contributed by atoms with Crippen molar-refractivity contribution < 1.29 is 33.3 Å². The number of carbonyl (C=O) groups is 3. The molecule has 1 atom stereocenters. The number of nitrogens with one attached hydrogen (secondary N) is 1. The monoisotopic (exact) mass is 543 g/mol. The molecule has 1 N–H and O–H groups in total. The molecular formula is C32H33NO7. The quantitative estimate of drug-likeness (QED) is 0.237. The van der Waals surface area contributed by atoms with E-state index in [1.165, 1.54) is 47.5 Å². The maximum Gasteiger partial charge on any atom is 0.217 e. The molecule has 0 bridgehead atoms. The molecule has 3 rings (SSSR count). The first-order chi connectivity index (χ1) is 19.3. The zero-order valence-corrected chi connectivity index (χ0v) is 23.2. The standard InChI is InChI=1S/C32H33NO7/c1-21(34)33-32(24-9-7-6-8-10-24)31(25(35)15-11-22-13-17-27(37-2)29(19-22)39-4)26(36)16-12-23-14-18-28(38-3)30(20-23)40-5/h6-20,31-32H,1-5H3,(H,33,34)/b15-11+,16-12+. The molecule has 8 nitrogen and oxygen atoms in total. The molecular weight excluding hydrogens is 510 g/mol. The van der Waals surface area contributed by atoms with E-state index in [1.807, 2.05) is 6.07 Å². The Bertz CT molecular complexity index is 1320. The summed E-state index contributed by atoms with van der Waals surface area (Å²) in [5.74, 6) is -0.431. The van der Waals surface area contributed by atoms with E-state index < -0.39 is 23.5 Å². The fourth-order valence-electron chi connectivity index (χ4n) is 4.18. The first kappa shape index (κ1) is 29.7. The minimum Gasteiger partial charge on any atom is -0.493 e. The summed E-state index contributed by atoms with van der Waals surface area (Å²) >= 11 is 0. The molecule has 0 aromatic heterocycles. The van der Waals surface area contributed by atoms with E-state index in [9.17, 15) is 14.4 Å². The van der Waals surface area contributed by atoms with Crippen LogP contribution in [0.4, 0.5) is 0 Å². The Morgan fingerprint density at radius 2 is 1.10 bits per heavy atom. The van der Waals surface area contributed by atoms with Crippen LogP contribution in [0.15, 0.2) is 78.9 Å². The molecule has 1 unspecified atom stereocenters. The van der Waals surface area contributed by atoms with Gasteiger partial charge in [0.1, 0.15) is 5.92 Å². The Balaban J connectivity index is 2.00. The van der Waals surface area contributed by atoms with Gasteiger partial charge in [0.05, 0.1) is 34.5 Å². The molecule has 0 heterocycles. The Hall–Kier alpha value is -4.85. The van der Waals surface area contributed by atoms with Gasteiger partial charge in [-0.3, -0.25) is 14.4 Å². The Morgan fingerprint density at radius 3 is 1.50 bits per heavy atom. The number of amides is 1. The summed E-state index contributed by atoms with van der Waals surface area (Å²) in [5, 5.41) is 2.80. The van der Waals surface area contributed by atoms with Gasteiger partial charge in [-0.15, -0.1) is 0 Å². The molecule has 0 saturated heterocycles. The van der Waals surface area contributed by atoms with E-state index >= 15 is 0 Å². The number of ether oxygens (including phenoxy) is 4. The number of hydrogen-bond acceptors (Lipinski definition) is 7. The zero-order chi connectivity index (χ0) is 29.1. The predicted octanol–water partition coefficient (Wildman–Crippen LogP) is 5.08. The van der Waals surface area contributed by atoms with Crippen molar-refractivity contribution in [2.24, 2.45) is 5.92 Å². The van der Waals surface area contributed by atoms with Crippen LogP contribution in [0, 0.1) is 5.92 Å². The molecule has 208 valence electrons. The van der Waals surface area contributed by atoms with Crippen LogP contribution < -0.4 is 24.3 Å². The molecule has 0 aliphatic carbocycles. The fourth-order valence-corrected chi connectivity index (χ4v) is 4.18. The lowest BCUT2D eigenvalue weighted by Crippen LogP contribution is -2.39. The van der Waals surface area contributed by atoms with Crippen molar-refractivity contribution in [3.05, 3.63) is 95.6 Å². The Labute approximate surface area is 234 Å². The maximum absolute atomic E-state index is 13.6. The van der Waals surface area contributed by atoms with Crippen molar-refractivity contribution >= 4 is 29.6 Å². The van der Waals surface area contributed by atoms with Crippen LogP contribution in [0.3, 0.4) is 0 Å². The summed E-state index contributed by atoms with van der Waals surface area (Å²) in [5.41, 5.74) is 1.98. The van der Waals surface area contributed by atoms with Crippen LogP contribution in [0.1, 0.15) is 29.7 Å². The SMILES string of the molecule is COc1ccc(/C=C/C(=O)C(C(=O)/C=C/c2ccc(OC)c(OC)c2)C(NC(C)=O)c2ccccc2)cc1OC. The van der Waals surface area contributed by atoms with Crippen molar-refractivity contribution in [1.82, 2.24) is 5.32 Å².